The van der Waals surface area contributed by atoms with E-state index in [1.165, 1.54) is 0 Å². The molecule has 1 N–H and O–H groups in total. The highest BCUT2D eigenvalue weighted by atomic mass is 16.5. The molecule has 3 aromatic rings. The first kappa shape index (κ1) is 15.7. The van der Waals surface area contributed by atoms with E-state index < -0.39 is 0 Å². The smallest absolute Gasteiger partial charge is 0.140 e. The average Bonchev–Trinajstić information content (AvgIpc) is 2.65. The maximum atomic E-state index is 9.34. The van der Waals surface area contributed by atoms with Crippen LogP contribution in [0.3, 0.4) is 0 Å². The predicted molar refractivity (Wildman–Crippen MR) is 88.7 cm³/mol. The molecule has 0 aliphatic rings. The number of benzene rings is 2. The van der Waals surface area contributed by atoms with Crippen molar-refractivity contribution in [2.24, 2.45) is 5.16 Å². The van der Waals surface area contributed by atoms with E-state index in [2.05, 4.69) is 5.16 Å². The highest BCUT2D eigenvalue weighted by Crippen LogP contribution is 2.34. The van der Waals surface area contributed by atoms with Crippen molar-refractivity contribution in [3.05, 3.63) is 47.8 Å². The lowest BCUT2D eigenvalue weighted by atomic mass is 10.1. The maximum Gasteiger partial charge on any atom is 0.140 e. The molecule has 0 spiro atoms. The minimum absolute atomic E-state index is 0.395. The zero-order chi connectivity index (χ0) is 17.1. The predicted octanol–water partition coefficient (Wildman–Crippen LogP) is 3.42. The van der Waals surface area contributed by atoms with Crippen molar-refractivity contribution in [2.75, 3.05) is 21.3 Å². The molecule has 0 aliphatic heterocycles. The Hall–Kier alpha value is -3.15. The highest BCUT2D eigenvalue weighted by molar-refractivity contribution is 5.80. The van der Waals surface area contributed by atoms with Gasteiger partial charge in [0.1, 0.15) is 33.9 Å². The number of nitrogens with zero attached hydrogens (tertiary/aromatic N) is 1. The van der Waals surface area contributed by atoms with Crippen LogP contribution in [-0.4, -0.2) is 26.5 Å². The SMILES string of the molecule is COc1ccc(-c2cc(=NO)c3ccc(OC)cc3o2)c(OC)c1. The van der Waals surface area contributed by atoms with E-state index in [4.69, 9.17) is 18.6 Å². The molecular formula is C18H17NO5. The summed E-state index contributed by atoms with van der Waals surface area (Å²) in [4.78, 5) is 0. The van der Waals surface area contributed by atoms with Crippen molar-refractivity contribution < 1.29 is 23.8 Å². The van der Waals surface area contributed by atoms with Gasteiger partial charge in [-0.3, -0.25) is 0 Å². The monoisotopic (exact) mass is 327 g/mol. The van der Waals surface area contributed by atoms with E-state index in [0.717, 1.165) is 0 Å². The molecule has 0 saturated carbocycles. The number of fused-ring (bicyclic) bond motifs is 1. The summed E-state index contributed by atoms with van der Waals surface area (Å²) in [5.41, 5.74) is 1.26. The first-order valence-electron chi connectivity index (χ1n) is 7.22. The highest BCUT2D eigenvalue weighted by Gasteiger charge is 2.13. The summed E-state index contributed by atoms with van der Waals surface area (Å²) in [6.07, 6.45) is 0. The van der Waals surface area contributed by atoms with Crippen LogP contribution in [0, 0.1) is 0 Å². The molecule has 2 aromatic carbocycles. The van der Waals surface area contributed by atoms with Crippen LogP contribution in [0.4, 0.5) is 0 Å². The number of hydrogen-bond acceptors (Lipinski definition) is 6. The van der Waals surface area contributed by atoms with Crippen LogP contribution in [0.25, 0.3) is 22.3 Å². The standard InChI is InChI=1S/C18H17NO5/c1-21-11-5-7-14(16(8-11)23-3)18-10-15(19-20)13-6-4-12(22-2)9-17(13)24-18/h4-10,20H,1-3H3. The molecule has 1 aromatic heterocycles. The molecule has 6 nitrogen and oxygen atoms in total. The lowest BCUT2D eigenvalue weighted by Crippen LogP contribution is -2.04. The first-order chi connectivity index (χ1) is 11.7. The summed E-state index contributed by atoms with van der Waals surface area (Å²) >= 11 is 0. The first-order valence-corrected chi connectivity index (χ1v) is 7.22. The van der Waals surface area contributed by atoms with Crippen molar-refractivity contribution >= 4 is 11.0 Å². The van der Waals surface area contributed by atoms with Gasteiger partial charge in [-0.1, -0.05) is 5.16 Å². The van der Waals surface area contributed by atoms with Crippen LogP contribution in [0.5, 0.6) is 17.2 Å². The molecule has 124 valence electrons. The van der Waals surface area contributed by atoms with Crippen molar-refractivity contribution in [1.29, 1.82) is 0 Å². The summed E-state index contributed by atoms with van der Waals surface area (Å²) in [7, 11) is 4.73. The fourth-order valence-corrected chi connectivity index (χ4v) is 2.49. The minimum atomic E-state index is 0.395. The number of rotatable bonds is 4. The normalized spacial score (nSPS) is 11.5. The second-order valence-corrected chi connectivity index (χ2v) is 5.02. The third-order valence-electron chi connectivity index (χ3n) is 3.73. The molecule has 0 aliphatic carbocycles. The molecule has 0 unspecified atom stereocenters. The number of methoxy groups -OCH3 is 3. The minimum Gasteiger partial charge on any atom is -0.497 e. The largest absolute Gasteiger partial charge is 0.497 e. The molecule has 0 radical (unpaired) electrons. The average molecular weight is 327 g/mol. The molecule has 0 bridgehead atoms. The van der Waals surface area contributed by atoms with Gasteiger partial charge in [0.15, 0.2) is 0 Å². The van der Waals surface area contributed by atoms with Crippen molar-refractivity contribution in [3.63, 3.8) is 0 Å². The van der Waals surface area contributed by atoms with Crippen molar-refractivity contribution in [1.82, 2.24) is 0 Å². The van der Waals surface area contributed by atoms with Gasteiger partial charge < -0.3 is 23.8 Å². The number of hydrogen-bond donors (Lipinski definition) is 1. The van der Waals surface area contributed by atoms with Crippen LogP contribution < -0.4 is 19.6 Å². The Morgan fingerprint density at radius 3 is 2.25 bits per heavy atom. The molecule has 6 heteroatoms. The van der Waals surface area contributed by atoms with Crippen LogP contribution in [-0.2, 0) is 0 Å². The number of ether oxygens (including phenoxy) is 3. The van der Waals surface area contributed by atoms with E-state index in [0.29, 0.717) is 44.9 Å². The third-order valence-corrected chi connectivity index (χ3v) is 3.73. The fraction of sp³-hybridized carbons (Fsp3) is 0.167. The molecule has 0 fully saturated rings. The van der Waals surface area contributed by atoms with Crippen LogP contribution in [0.1, 0.15) is 0 Å². The lowest BCUT2D eigenvalue weighted by molar-refractivity contribution is 0.302. The summed E-state index contributed by atoms with van der Waals surface area (Å²) in [5.74, 6) is 2.41. The van der Waals surface area contributed by atoms with Gasteiger partial charge in [0.2, 0.25) is 0 Å². The Labute approximate surface area is 138 Å². The third kappa shape index (κ3) is 2.74. The fourth-order valence-electron chi connectivity index (χ4n) is 2.49. The molecule has 0 atom stereocenters. The molecule has 24 heavy (non-hydrogen) atoms. The van der Waals surface area contributed by atoms with Gasteiger partial charge in [-0.2, -0.15) is 0 Å². The topological polar surface area (TPSA) is 73.4 Å². The zero-order valence-corrected chi connectivity index (χ0v) is 13.6. The summed E-state index contributed by atoms with van der Waals surface area (Å²) < 4.78 is 21.8. The van der Waals surface area contributed by atoms with Gasteiger partial charge in [0, 0.05) is 23.6 Å². The molecule has 0 saturated heterocycles. The Kier molecular flexibility index (Phi) is 4.29. The van der Waals surface area contributed by atoms with Crippen molar-refractivity contribution in [2.45, 2.75) is 0 Å². The van der Waals surface area contributed by atoms with Crippen LogP contribution in [0.15, 0.2) is 52.0 Å². The van der Waals surface area contributed by atoms with Gasteiger partial charge >= 0.3 is 0 Å². The summed E-state index contributed by atoms with van der Waals surface area (Å²) in [6, 6.07) is 12.3. The maximum absolute atomic E-state index is 9.34. The second-order valence-electron chi connectivity index (χ2n) is 5.02. The molecular weight excluding hydrogens is 310 g/mol. The van der Waals surface area contributed by atoms with Crippen molar-refractivity contribution in [3.8, 4) is 28.6 Å². The van der Waals surface area contributed by atoms with E-state index >= 15 is 0 Å². The molecule has 1 heterocycles. The van der Waals surface area contributed by atoms with Gasteiger partial charge in [0.25, 0.3) is 0 Å². The van der Waals surface area contributed by atoms with Crippen LogP contribution in [0.2, 0.25) is 0 Å². The summed E-state index contributed by atoms with van der Waals surface area (Å²) in [5, 5.41) is 13.8. The molecule has 3 rings (SSSR count). The van der Waals surface area contributed by atoms with Gasteiger partial charge in [-0.15, -0.1) is 0 Å². The van der Waals surface area contributed by atoms with Gasteiger partial charge in [0.05, 0.1) is 26.9 Å². The quantitative estimate of drug-likeness (QED) is 0.587. The van der Waals surface area contributed by atoms with E-state index in [-0.39, 0.29) is 0 Å². The van der Waals surface area contributed by atoms with Gasteiger partial charge in [-0.05, 0) is 24.3 Å². The Bertz CT molecular complexity index is 946. The Balaban J connectivity index is 2.27. The zero-order valence-electron chi connectivity index (χ0n) is 13.6. The Morgan fingerprint density at radius 2 is 1.58 bits per heavy atom. The van der Waals surface area contributed by atoms with Gasteiger partial charge in [-0.25, -0.2) is 0 Å². The van der Waals surface area contributed by atoms with E-state index in [1.54, 1.807) is 57.7 Å². The lowest BCUT2D eigenvalue weighted by Gasteiger charge is -2.11. The van der Waals surface area contributed by atoms with E-state index in [1.807, 2.05) is 6.07 Å². The second kappa shape index (κ2) is 6.54. The van der Waals surface area contributed by atoms with Crippen LogP contribution >= 0.6 is 0 Å². The van der Waals surface area contributed by atoms with E-state index in [9.17, 15) is 5.21 Å². The summed E-state index contributed by atoms with van der Waals surface area (Å²) in [6.45, 7) is 0. The molecule has 0 amide bonds. The Morgan fingerprint density at radius 1 is 0.875 bits per heavy atom.